The molecule has 0 radical (unpaired) electrons. The van der Waals surface area contributed by atoms with E-state index < -0.39 is 0 Å². The van der Waals surface area contributed by atoms with Gasteiger partial charge >= 0.3 is 0 Å². The summed E-state index contributed by atoms with van der Waals surface area (Å²) in [5.74, 6) is 0. The number of hydrogen-bond acceptors (Lipinski definition) is 0. The van der Waals surface area contributed by atoms with Crippen molar-refractivity contribution < 1.29 is 0 Å². The van der Waals surface area contributed by atoms with Gasteiger partial charge in [-0.05, 0) is 49.9 Å². The van der Waals surface area contributed by atoms with E-state index in [1.807, 2.05) is 24.3 Å². The van der Waals surface area contributed by atoms with E-state index in [1.54, 1.807) is 0 Å². The van der Waals surface area contributed by atoms with E-state index in [1.165, 1.54) is 22.3 Å². The van der Waals surface area contributed by atoms with Crippen molar-refractivity contribution in [2.75, 3.05) is 0 Å². The molecule has 0 atom stereocenters. The van der Waals surface area contributed by atoms with Crippen LogP contribution in [0, 0.1) is 27.7 Å². The molecule has 0 aliphatic heterocycles. The van der Waals surface area contributed by atoms with Gasteiger partial charge in [0.05, 0.1) is 10.0 Å². The molecule has 0 aliphatic carbocycles. The Morgan fingerprint density at radius 1 is 0.600 bits per heavy atom. The maximum atomic E-state index is 6.69. The first-order valence-electron chi connectivity index (χ1n) is 6.71. The van der Waals surface area contributed by atoms with Crippen molar-refractivity contribution >= 4 is 44.7 Å². The molecule has 102 valence electrons. The highest BCUT2D eigenvalue weighted by atomic mass is 35.5. The molecule has 0 nitrogen and oxygen atoms in total. The SMILES string of the molecule is Cc1c(C)c(C)c2c(Cl)c3ccccc3c(Cl)c2c1C. The second-order valence-electron chi connectivity index (χ2n) is 5.42. The summed E-state index contributed by atoms with van der Waals surface area (Å²) in [6.45, 7) is 8.55. The van der Waals surface area contributed by atoms with Gasteiger partial charge in [0.15, 0.2) is 0 Å². The van der Waals surface area contributed by atoms with Crippen molar-refractivity contribution in [3.63, 3.8) is 0 Å². The molecule has 3 rings (SSSR count). The second-order valence-corrected chi connectivity index (χ2v) is 6.18. The zero-order chi connectivity index (χ0) is 14.6. The van der Waals surface area contributed by atoms with Gasteiger partial charge in [0, 0.05) is 21.5 Å². The lowest BCUT2D eigenvalue weighted by Crippen LogP contribution is -1.96. The number of benzene rings is 3. The molecule has 0 saturated heterocycles. The summed E-state index contributed by atoms with van der Waals surface area (Å²) in [6.07, 6.45) is 0. The lowest BCUT2D eigenvalue weighted by molar-refractivity contribution is 1.25. The first-order valence-corrected chi connectivity index (χ1v) is 7.46. The van der Waals surface area contributed by atoms with Crippen LogP contribution in [-0.4, -0.2) is 0 Å². The number of aryl methyl sites for hydroxylation is 2. The topological polar surface area (TPSA) is 0 Å². The lowest BCUT2D eigenvalue weighted by Gasteiger charge is -2.18. The predicted molar refractivity (Wildman–Crippen MR) is 90.4 cm³/mol. The molecule has 0 N–H and O–H groups in total. The molecule has 0 spiro atoms. The van der Waals surface area contributed by atoms with Gasteiger partial charge in [0.2, 0.25) is 0 Å². The summed E-state index contributed by atoms with van der Waals surface area (Å²) >= 11 is 13.4. The van der Waals surface area contributed by atoms with Crippen LogP contribution < -0.4 is 0 Å². The van der Waals surface area contributed by atoms with Crippen LogP contribution in [0.1, 0.15) is 22.3 Å². The number of halogens is 2. The van der Waals surface area contributed by atoms with E-state index in [2.05, 4.69) is 27.7 Å². The van der Waals surface area contributed by atoms with Gasteiger partial charge < -0.3 is 0 Å². The summed E-state index contributed by atoms with van der Waals surface area (Å²) in [5.41, 5.74) is 5.04. The average Bonchev–Trinajstić information content (AvgIpc) is 2.46. The van der Waals surface area contributed by atoms with Crippen molar-refractivity contribution in [2.45, 2.75) is 27.7 Å². The Morgan fingerprint density at radius 2 is 0.950 bits per heavy atom. The zero-order valence-electron chi connectivity index (χ0n) is 12.1. The second kappa shape index (κ2) is 4.65. The molecule has 2 heteroatoms. The number of rotatable bonds is 0. The van der Waals surface area contributed by atoms with Crippen LogP contribution in [0.15, 0.2) is 24.3 Å². The normalized spacial score (nSPS) is 11.5. The smallest absolute Gasteiger partial charge is 0.0566 e. The van der Waals surface area contributed by atoms with E-state index in [0.29, 0.717) is 0 Å². The van der Waals surface area contributed by atoms with Gasteiger partial charge in [-0.2, -0.15) is 0 Å². The van der Waals surface area contributed by atoms with Crippen LogP contribution in [0.2, 0.25) is 10.0 Å². The summed E-state index contributed by atoms with van der Waals surface area (Å²) in [6, 6.07) is 8.07. The summed E-state index contributed by atoms with van der Waals surface area (Å²) in [7, 11) is 0. The quantitative estimate of drug-likeness (QED) is 0.414. The third kappa shape index (κ3) is 1.68. The average molecular weight is 303 g/mol. The summed E-state index contributed by atoms with van der Waals surface area (Å²) in [5, 5.41) is 5.86. The molecular formula is C18H16Cl2. The fourth-order valence-electron chi connectivity index (χ4n) is 3.00. The maximum absolute atomic E-state index is 6.69. The van der Waals surface area contributed by atoms with Crippen molar-refractivity contribution in [3.05, 3.63) is 56.6 Å². The third-order valence-electron chi connectivity index (χ3n) is 4.53. The Labute approximate surface area is 129 Å². The number of fused-ring (bicyclic) bond motifs is 2. The molecule has 0 aromatic heterocycles. The first-order chi connectivity index (χ1) is 9.45. The molecule has 0 amide bonds. The fourth-order valence-corrected chi connectivity index (χ4v) is 3.80. The summed E-state index contributed by atoms with van der Waals surface area (Å²) < 4.78 is 0. The predicted octanol–water partition coefficient (Wildman–Crippen LogP) is 6.53. The molecule has 0 saturated carbocycles. The van der Waals surface area contributed by atoms with Gasteiger partial charge in [-0.25, -0.2) is 0 Å². The Morgan fingerprint density at radius 3 is 1.30 bits per heavy atom. The van der Waals surface area contributed by atoms with Gasteiger partial charge in [-0.3, -0.25) is 0 Å². The molecule has 0 unspecified atom stereocenters. The number of hydrogen-bond donors (Lipinski definition) is 0. The minimum atomic E-state index is 0.809. The van der Waals surface area contributed by atoms with Crippen molar-refractivity contribution in [1.82, 2.24) is 0 Å². The van der Waals surface area contributed by atoms with Crippen LogP contribution in [-0.2, 0) is 0 Å². The first kappa shape index (κ1) is 13.7. The van der Waals surface area contributed by atoms with Crippen LogP contribution in [0.4, 0.5) is 0 Å². The van der Waals surface area contributed by atoms with Gasteiger partial charge in [0.25, 0.3) is 0 Å². The van der Waals surface area contributed by atoms with E-state index in [4.69, 9.17) is 23.2 Å². The highest BCUT2D eigenvalue weighted by molar-refractivity contribution is 6.47. The highest BCUT2D eigenvalue weighted by Gasteiger charge is 2.17. The molecule has 0 aliphatic rings. The van der Waals surface area contributed by atoms with Crippen molar-refractivity contribution in [1.29, 1.82) is 0 Å². The molecule has 0 heterocycles. The Kier molecular flexibility index (Phi) is 3.19. The fraction of sp³-hybridized carbons (Fsp3) is 0.222. The minimum Gasteiger partial charge on any atom is -0.0830 e. The van der Waals surface area contributed by atoms with Crippen LogP contribution in [0.25, 0.3) is 21.5 Å². The van der Waals surface area contributed by atoms with Crippen LogP contribution in [0.5, 0.6) is 0 Å². The van der Waals surface area contributed by atoms with Crippen molar-refractivity contribution in [2.24, 2.45) is 0 Å². The van der Waals surface area contributed by atoms with Crippen LogP contribution >= 0.6 is 23.2 Å². The maximum Gasteiger partial charge on any atom is 0.0566 e. The van der Waals surface area contributed by atoms with E-state index in [0.717, 1.165) is 31.6 Å². The summed E-state index contributed by atoms with van der Waals surface area (Å²) in [4.78, 5) is 0. The molecule has 20 heavy (non-hydrogen) atoms. The van der Waals surface area contributed by atoms with Crippen molar-refractivity contribution in [3.8, 4) is 0 Å². The van der Waals surface area contributed by atoms with Gasteiger partial charge in [0.1, 0.15) is 0 Å². The zero-order valence-corrected chi connectivity index (χ0v) is 13.6. The minimum absolute atomic E-state index is 0.809. The Balaban J connectivity index is 2.74. The van der Waals surface area contributed by atoms with E-state index in [-0.39, 0.29) is 0 Å². The lowest BCUT2D eigenvalue weighted by atomic mass is 9.90. The van der Waals surface area contributed by atoms with E-state index >= 15 is 0 Å². The molecular weight excluding hydrogens is 287 g/mol. The Hall–Kier alpha value is -1.24. The standard InChI is InChI=1S/C18H16Cl2/c1-9-10(2)12(4)16-15(11(9)3)17(19)13-7-5-6-8-14(13)18(16)20/h5-8H,1-4H3. The van der Waals surface area contributed by atoms with Gasteiger partial charge in [-0.1, -0.05) is 47.5 Å². The molecule has 0 bridgehead atoms. The highest BCUT2D eigenvalue weighted by Crippen LogP contribution is 2.43. The molecule has 0 fully saturated rings. The molecule has 3 aromatic carbocycles. The molecule has 3 aromatic rings. The Bertz CT molecular complexity index is 789. The van der Waals surface area contributed by atoms with E-state index in [9.17, 15) is 0 Å². The van der Waals surface area contributed by atoms with Crippen LogP contribution in [0.3, 0.4) is 0 Å². The third-order valence-corrected chi connectivity index (χ3v) is 5.31. The van der Waals surface area contributed by atoms with Gasteiger partial charge in [-0.15, -0.1) is 0 Å². The monoisotopic (exact) mass is 302 g/mol. The largest absolute Gasteiger partial charge is 0.0830 e.